The van der Waals surface area contributed by atoms with Crippen molar-refractivity contribution in [2.24, 2.45) is 0 Å². The van der Waals surface area contributed by atoms with Gasteiger partial charge in [-0.15, -0.1) is 0 Å². The summed E-state index contributed by atoms with van der Waals surface area (Å²) in [5, 5.41) is 4.22. The first-order valence-electron chi connectivity index (χ1n) is 6.25. The molecule has 118 valence electrons. The predicted octanol–water partition coefficient (Wildman–Crippen LogP) is 4.65. The number of rotatable bonds is 2. The number of hydrogen-bond donors (Lipinski definition) is 0. The Morgan fingerprint density at radius 2 is 1.74 bits per heavy atom. The van der Waals surface area contributed by atoms with Crippen molar-refractivity contribution in [3.05, 3.63) is 58.6 Å². The minimum atomic E-state index is -4.51. The molecule has 0 aliphatic rings. The first kappa shape index (κ1) is 15.8. The second-order valence-electron chi connectivity index (χ2n) is 4.53. The van der Waals surface area contributed by atoms with Crippen molar-refractivity contribution in [2.75, 3.05) is 0 Å². The molecule has 0 spiro atoms. The molecule has 0 fully saturated rings. The van der Waals surface area contributed by atoms with Crippen molar-refractivity contribution in [3.63, 3.8) is 0 Å². The largest absolute Gasteiger partial charge is 0.435 e. The van der Waals surface area contributed by atoms with Crippen LogP contribution in [0, 0.1) is 0 Å². The highest BCUT2D eigenvalue weighted by molar-refractivity contribution is 6.42. The normalized spacial score (nSPS) is 11.7. The molecule has 0 saturated carbocycles. The molecule has 2 aromatic heterocycles. The highest BCUT2D eigenvalue weighted by atomic mass is 35.5. The zero-order valence-electron chi connectivity index (χ0n) is 11.2. The SMILES string of the molecule is FC(F)(F)c1ccn(-c2cc(-c3ccc(Cl)c(Cl)c3)ncn2)n1. The summed E-state index contributed by atoms with van der Waals surface area (Å²) in [6.07, 6.45) is -2.09. The van der Waals surface area contributed by atoms with E-state index in [1.165, 1.54) is 18.6 Å². The quantitative estimate of drug-likeness (QED) is 0.669. The highest BCUT2D eigenvalue weighted by Crippen LogP contribution is 2.29. The van der Waals surface area contributed by atoms with E-state index in [9.17, 15) is 13.2 Å². The summed E-state index contributed by atoms with van der Waals surface area (Å²) >= 11 is 11.8. The first-order chi connectivity index (χ1) is 10.8. The molecule has 0 aliphatic carbocycles. The van der Waals surface area contributed by atoms with E-state index in [0.29, 0.717) is 21.3 Å². The van der Waals surface area contributed by atoms with Gasteiger partial charge in [-0.3, -0.25) is 0 Å². The zero-order valence-corrected chi connectivity index (χ0v) is 12.7. The maximum absolute atomic E-state index is 12.6. The van der Waals surface area contributed by atoms with E-state index < -0.39 is 11.9 Å². The van der Waals surface area contributed by atoms with E-state index in [4.69, 9.17) is 23.2 Å². The molecule has 0 unspecified atom stereocenters. The minimum absolute atomic E-state index is 0.205. The fourth-order valence-corrected chi connectivity index (χ4v) is 2.19. The van der Waals surface area contributed by atoms with Crippen LogP contribution in [-0.2, 0) is 6.18 Å². The summed E-state index contributed by atoms with van der Waals surface area (Å²) in [4.78, 5) is 8.02. The van der Waals surface area contributed by atoms with Crippen molar-refractivity contribution in [3.8, 4) is 17.1 Å². The molecule has 9 heteroatoms. The Morgan fingerprint density at radius 1 is 0.957 bits per heavy atom. The van der Waals surface area contributed by atoms with Crippen LogP contribution in [0.4, 0.5) is 13.2 Å². The average molecular weight is 359 g/mol. The van der Waals surface area contributed by atoms with E-state index in [0.717, 1.165) is 10.7 Å². The average Bonchev–Trinajstić information content (AvgIpc) is 3.00. The summed E-state index contributed by atoms with van der Waals surface area (Å²) in [6.45, 7) is 0. The number of aromatic nitrogens is 4. The van der Waals surface area contributed by atoms with Gasteiger partial charge in [-0.2, -0.15) is 18.3 Å². The molecule has 3 aromatic rings. The van der Waals surface area contributed by atoms with Gasteiger partial charge in [0.25, 0.3) is 0 Å². The summed E-state index contributed by atoms with van der Waals surface area (Å²) < 4.78 is 38.9. The molecule has 0 aliphatic heterocycles. The molecule has 4 nitrogen and oxygen atoms in total. The molecule has 0 N–H and O–H groups in total. The fourth-order valence-electron chi connectivity index (χ4n) is 1.89. The number of hydrogen-bond acceptors (Lipinski definition) is 3. The Morgan fingerprint density at radius 3 is 2.39 bits per heavy atom. The molecule has 0 bridgehead atoms. The van der Waals surface area contributed by atoms with E-state index in [1.54, 1.807) is 18.2 Å². The smallest absolute Gasteiger partial charge is 0.236 e. The van der Waals surface area contributed by atoms with Crippen LogP contribution in [0.2, 0.25) is 10.0 Å². The maximum Gasteiger partial charge on any atom is 0.435 e. The Labute approximate surface area is 138 Å². The van der Waals surface area contributed by atoms with Gasteiger partial charge in [-0.1, -0.05) is 29.3 Å². The van der Waals surface area contributed by atoms with Gasteiger partial charge in [-0.25, -0.2) is 14.6 Å². The third kappa shape index (κ3) is 3.30. The topological polar surface area (TPSA) is 43.6 Å². The molecular formula is C14H7Cl2F3N4. The summed E-state index contributed by atoms with van der Waals surface area (Å²) in [6, 6.07) is 7.30. The molecule has 2 heterocycles. The second kappa shape index (κ2) is 5.82. The lowest BCUT2D eigenvalue weighted by Crippen LogP contribution is -2.08. The Bertz CT molecular complexity index is 861. The van der Waals surface area contributed by atoms with E-state index in [-0.39, 0.29) is 5.82 Å². The van der Waals surface area contributed by atoms with Crippen molar-refractivity contribution in [1.29, 1.82) is 0 Å². The Hall–Kier alpha value is -2.12. The zero-order chi connectivity index (χ0) is 16.6. The Kier molecular flexibility index (Phi) is 3.99. The molecule has 0 atom stereocenters. The van der Waals surface area contributed by atoms with Gasteiger partial charge in [-0.05, 0) is 18.2 Å². The molecule has 0 amide bonds. The predicted molar refractivity (Wildman–Crippen MR) is 79.6 cm³/mol. The van der Waals surface area contributed by atoms with E-state index in [1.807, 2.05) is 0 Å². The first-order valence-corrected chi connectivity index (χ1v) is 7.01. The van der Waals surface area contributed by atoms with Gasteiger partial charge < -0.3 is 0 Å². The monoisotopic (exact) mass is 358 g/mol. The van der Waals surface area contributed by atoms with Crippen molar-refractivity contribution >= 4 is 23.2 Å². The van der Waals surface area contributed by atoms with Crippen LogP contribution < -0.4 is 0 Å². The van der Waals surface area contributed by atoms with E-state index >= 15 is 0 Å². The van der Waals surface area contributed by atoms with Crippen LogP contribution in [0.25, 0.3) is 17.1 Å². The molecular weight excluding hydrogens is 352 g/mol. The van der Waals surface area contributed by atoms with Crippen LogP contribution in [0.15, 0.2) is 42.9 Å². The maximum atomic E-state index is 12.6. The van der Waals surface area contributed by atoms with Crippen LogP contribution in [0.5, 0.6) is 0 Å². The van der Waals surface area contributed by atoms with Crippen molar-refractivity contribution < 1.29 is 13.2 Å². The van der Waals surface area contributed by atoms with Gasteiger partial charge in [0.15, 0.2) is 11.5 Å². The number of benzene rings is 1. The van der Waals surface area contributed by atoms with Gasteiger partial charge in [0.05, 0.1) is 15.7 Å². The van der Waals surface area contributed by atoms with Crippen LogP contribution in [-0.4, -0.2) is 19.7 Å². The highest BCUT2D eigenvalue weighted by Gasteiger charge is 2.33. The van der Waals surface area contributed by atoms with Crippen molar-refractivity contribution in [2.45, 2.75) is 6.18 Å². The lowest BCUT2D eigenvalue weighted by molar-refractivity contribution is -0.141. The fraction of sp³-hybridized carbons (Fsp3) is 0.0714. The van der Waals surface area contributed by atoms with Crippen LogP contribution in [0.1, 0.15) is 5.69 Å². The Balaban J connectivity index is 1.99. The lowest BCUT2D eigenvalue weighted by atomic mass is 10.1. The molecule has 23 heavy (non-hydrogen) atoms. The lowest BCUT2D eigenvalue weighted by Gasteiger charge is -2.05. The second-order valence-corrected chi connectivity index (χ2v) is 5.35. The third-order valence-electron chi connectivity index (χ3n) is 2.98. The van der Waals surface area contributed by atoms with E-state index in [2.05, 4.69) is 15.1 Å². The van der Waals surface area contributed by atoms with Gasteiger partial charge >= 0.3 is 6.18 Å². The number of halogens is 5. The molecule has 3 rings (SSSR count). The minimum Gasteiger partial charge on any atom is -0.236 e. The van der Waals surface area contributed by atoms with Crippen molar-refractivity contribution in [1.82, 2.24) is 19.7 Å². The molecule has 0 saturated heterocycles. The molecule has 1 aromatic carbocycles. The number of alkyl halides is 3. The third-order valence-corrected chi connectivity index (χ3v) is 3.72. The van der Waals surface area contributed by atoms with Gasteiger partial charge in [0.2, 0.25) is 0 Å². The molecule has 0 radical (unpaired) electrons. The van der Waals surface area contributed by atoms with Crippen LogP contribution >= 0.6 is 23.2 Å². The van der Waals surface area contributed by atoms with Gasteiger partial charge in [0, 0.05) is 17.8 Å². The van der Waals surface area contributed by atoms with Crippen LogP contribution in [0.3, 0.4) is 0 Å². The summed E-state index contributed by atoms with van der Waals surface area (Å²) in [5.41, 5.74) is 0.149. The summed E-state index contributed by atoms with van der Waals surface area (Å²) in [5.74, 6) is 0.205. The standard InChI is InChI=1S/C14H7Cl2F3N4/c15-9-2-1-8(5-10(9)16)11-6-13(21-7-20-11)23-4-3-12(22-23)14(17,18)19/h1-7H. The summed E-state index contributed by atoms with van der Waals surface area (Å²) in [7, 11) is 0. The number of nitrogens with zero attached hydrogens (tertiary/aromatic N) is 4. The van der Waals surface area contributed by atoms with Gasteiger partial charge in [0.1, 0.15) is 6.33 Å².